The van der Waals surface area contributed by atoms with Crippen LogP contribution in [0.25, 0.3) is 10.9 Å². The first kappa shape index (κ1) is 71.6. The second-order valence-corrected chi connectivity index (χ2v) is 22.2. The standard InChI is InChI=1S/C58H80N16O17/c1-30(2)21-40(51(85)68-39(9-5-19-63-58(60)61)57(91)74-20-6-10-45(74)56(90)65-27-48(81)82)70-50(84)38(16-18-47(79)80)67-52(86)41(22-31-11-13-34(76)14-12-31)71-55(89)44(28-75)73-53(87)42(23-32-25-64-37-8-4-3-7-35(32)37)72-54(88)43(24-33-26-62-29-66-33)69-49(83)36(59)15-17-46(77)78/h3-4,7-8,11-14,25-26,29-30,36,38-45,64,75-76H,5-6,9-10,15-24,27-28,59H2,1-2H3,(H,62,66)(H,65,90)(H,67,86)(H,68,85)(H,69,83)(H,70,84)(H,71,89)(H,72,88)(H,73,87)(H,77,78)(H,79,80)(H,81,82)(H4,60,61,63)/t36-,38+,39-,40-,41-,42-,43-,44-,45-/m0/s1. The third-order valence-electron chi connectivity index (χ3n) is 14.6. The summed E-state index contributed by atoms with van der Waals surface area (Å²) in [6.45, 7) is 1.70. The predicted molar refractivity (Wildman–Crippen MR) is 323 cm³/mol. The number of aliphatic carboxylic acids is 3. The molecule has 91 heavy (non-hydrogen) atoms. The van der Waals surface area contributed by atoms with E-state index in [0.717, 1.165) is 0 Å². The average Bonchev–Trinajstić information content (AvgIpc) is 2.25. The molecular weight excluding hydrogens is 1190 g/mol. The van der Waals surface area contributed by atoms with Crippen molar-refractivity contribution in [3.05, 3.63) is 84.1 Å². The number of carboxylic acids is 3. The van der Waals surface area contributed by atoms with Crippen LogP contribution < -0.4 is 59.7 Å². The first-order valence-corrected chi connectivity index (χ1v) is 29.3. The van der Waals surface area contributed by atoms with Gasteiger partial charge in [0, 0.05) is 74.2 Å². The number of nitrogens with zero attached hydrogens (tertiary/aromatic N) is 3. The molecule has 0 unspecified atom stereocenters. The Morgan fingerprint density at radius 3 is 1.84 bits per heavy atom. The Balaban J connectivity index is 1.41. The van der Waals surface area contributed by atoms with E-state index < -0.39 is 164 Å². The van der Waals surface area contributed by atoms with Crippen molar-refractivity contribution in [1.29, 1.82) is 0 Å². The van der Waals surface area contributed by atoms with Crippen LogP contribution in [0, 0.1) is 5.92 Å². The minimum atomic E-state index is -1.88. The van der Waals surface area contributed by atoms with Crippen molar-refractivity contribution in [2.24, 2.45) is 28.1 Å². The van der Waals surface area contributed by atoms with E-state index in [0.29, 0.717) is 34.1 Å². The van der Waals surface area contributed by atoms with Gasteiger partial charge >= 0.3 is 17.9 Å². The van der Waals surface area contributed by atoms with E-state index in [1.165, 1.54) is 41.7 Å². The van der Waals surface area contributed by atoms with Gasteiger partial charge in [0.05, 0.1) is 19.0 Å². The number of aromatic hydroxyl groups is 1. The van der Waals surface area contributed by atoms with Gasteiger partial charge in [0.25, 0.3) is 0 Å². The highest BCUT2D eigenvalue weighted by molar-refractivity contribution is 5.99. The van der Waals surface area contributed by atoms with Gasteiger partial charge in [-0.1, -0.05) is 44.2 Å². The molecular formula is C58H80N16O17. The molecule has 1 saturated heterocycles. The molecule has 9 amide bonds. The monoisotopic (exact) mass is 1270 g/mol. The molecule has 0 bridgehead atoms. The van der Waals surface area contributed by atoms with E-state index in [4.69, 9.17) is 22.3 Å². The number of rotatable bonds is 37. The van der Waals surface area contributed by atoms with Crippen molar-refractivity contribution >= 4 is 87.9 Å². The lowest BCUT2D eigenvalue weighted by atomic mass is 10.0. The number of likely N-dealkylation sites (tertiary alicyclic amines) is 1. The average molecular weight is 1270 g/mol. The number of imidazole rings is 1. The third-order valence-corrected chi connectivity index (χ3v) is 14.6. The highest BCUT2D eigenvalue weighted by Crippen LogP contribution is 2.22. The van der Waals surface area contributed by atoms with Gasteiger partial charge in [-0.3, -0.25) is 62.5 Å². The fourth-order valence-electron chi connectivity index (χ4n) is 9.93. The zero-order valence-electron chi connectivity index (χ0n) is 50.1. The minimum absolute atomic E-state index is 0.0215. The molecule has 9 atom stereocenters. The SMILES string of the molecule is CC(C)C[C@H](NC(=O)[C@@H](CCC(=O)O)NC(=O)[C@H](Cc1ccc(O)cc1)NC(=O)[C@H](CO)NC(=O)[C@H](Cc1c[nH]c2ccccc12)NC(=O)[C@H](Cc1cnc[nH]1)NC(=O)[C@@H](N)CCC(=O)O)C(=O)N[C@@H](CCCN=C(N)N)C(=O)N1CCC[C@H]1C(=O)NCC(=O)O. The second-order valence-electron chi connectivity index (χ2n) is 22.2. The number of aliphatic hydroxyl groups excluding tert-OH is 1. The number of aliphatic hydroxyl groups is 1. The number of nitrogens with one attached hydrogen (secondary N) is 10. The number of benzene rings is 2. The van der Waals surface area contributed by atoms with Gasteiger partial charge < -0.3 is 100 Å². The van der Waals surface area contributed by atoms with Gasteiger partial charge in [-0.15, -0.1) is 0 Å². The Hall–Kier alpha value is -10.2. The van der Waals surface area contributed by atoms with Crippen molar-refractivity contribution in [2.75, 3.05) is 26.2 Å². The highest BCUT2D eigenvalue weighted by atomic mass is 16.4. The molecule has 2 aromatic carbocycles. The van der Waals surface area contributed by atoms with Crippen LogP contribution in [-0.2, 0) is 76.8 Å². The number of para-hydroxylation sites is 1. The number of fused-ring (bicyclic) bond motifs is 1. The molecule has 0 aliphatic carbocycles. The van der Waals surface area contributed by atoms with E-state index >= 15 is 0 Å². The van der Waals surface area contributed by atoms with Crippen LogP contribution in [0.1, 0.15) is 88.5 Å². The fourth-order valence-corrected chi connectivity index (χ4v) is 9.93. The van der Waals surface area contributed by atoms with Crippen molar-refractivity contribution in [3.8, 4) is 5.75 Å². The number of H-pyrrole nitrogens is 2. The van der Waals surface area contributed by atoms with Gasteiger partial charge in [-0.25, -0.2) is 4.98 Å². The molecule has 2 aromatic heterocycles. The Morgan fingerprint density at radius 1 is 0.659 bits per heavy atom. The summed E-state index contributed by atoms with van der Waals surface area (Å²) in [5.74, 6) is -13.3. The fraction of sp³-hybridized carbons (Fsp3) is 0.483. The maximum absolute atomic E-state index is 14.6. The summed E-state index contributed by atoms with van der Waals surface area (Å²) < 4.78 is 0. The zero-order chi connectivity index (χ0) is 66.9. The normalized spacial score (nSPS) is 15.4. The Kier molecular flexibility index (Phi) is 27.6. The molecule has 1 aliphatic heterocycles. The number of aliphatic imine (C=N–C) groups is 1. The molecule has 1 aliphatic rings. The molecule has 1 fully saturated rings. The van der Waals surface area contributed by atoms with Crippen LogP contribution in [0.3, 0.4) is 0 Å². The van der Waals surface area contributed by atoms with E-state index in [-0.39, 0.29) is 75.7 Å². The van der Waals surface area contributed by atoms with Crippen LogP contribution in [-0.4, -0.2) is 203 Å². The van der Waals surface area contributed by atoms with Crippen LogP contribution >= 0.6 is 0 Å². The lowest BCUT2D eigenvalue weighted by molar-refractivity contribution is -0.143. The number of hydrogen-bond acceptors (Lipinski definition) is 17. The summed E-state index contributed by atoms with van der Waals surface area (Å²) in [6, 6.07) is -1.28. The number of guanidine groups is 1. The number of carboxylic acid groups (broad SMARTS) is 3. The van der Waals surface area contributed by atoms with Gasteiger partial charge in [-0.05, 0) is 80.2 Å². The molecule has 33 nitrogen and oxygen atoms in total. The molecule has 0 radical (unpaired) electrons. The Bertz CT molecular complexity index is 3230. The van der Waals surface area contributed by atoms with Crippen LogP contribution in [0.2, 0.25) is 0 Å². The molecule has 0 spiro atoms. The number of carbonyl (C=O) groups is 12. The number of nitrogens with two attached hydrogens (primary N) is 3. The number of carbonyl (C=O) groups excluding carboxylic acids is 9. The smallest absolute Gasteiger partial charge is 0.322 e. The Labute approximate surface area is 521 Å². The highest BCUT2D eigenvalue weighted by Gasteiger charge is 2.40. The van der Waals surface area contributed by atoms with Gasteiger partial charge in [0.15, 0.2) is 5.96 Å². The van der Waals surface area contributed by atoms with Crippen LogP contribution in [0.5, 0.6) is 5.75 Å². The van der Waals surface area contributed by atoms with Crippen molar-refractivity contribution in [2.45, 2.75) is 145 Å². The number of amides is 9. The number of phenols is 1. The predicted octanol–water partition coefficient (Wildman–Crippen LogP) is -3.64. The Morgan fingerprint density at radius 2 is 1.22 bits per heavy atom. The van der Waals surface area contributed by atoms with Gasteiger partial charge in [0.2, 0.25) is 53.2 Å². The number of aromatic nitrogens is 3. The van der Waals surface area contributed by atoms with E-state index in [2.05, 4.69) is 62.5 Å². The third kappa shape index (κ3) is 23.0. The largest absolute Gasteiger partial charge is 0.508 e. The lowest BCUT2D eigenvalue weighted by Crippen LogP contribution is -2.61. The molecule has 33 heteroatoms. The van der Waals surface area contributed by atoms with Crippen molar-refractivity contribution in [1.82, 2.24) is 62.4 Å². The maximum Gasteiger partial charge on any atom is 0.322 e. The van der Waals surface area contributed by atoms with Gasteiger partial charge in [0.1, 0.15) is 60.6 Å². The van der Waals surface area contributed by atoms with Crippen LogP contribution in [0.4, 0.5) is 0 Å². The van der Waals surface area contributed by atoms with Crippen molar-refractivity contribution in [3.63, 3.8) is 0 Å². The zero-order valence-corrected chi connectivity index (χ0v) is 50.1. The van der Waals surface area contributed by atoms with E-state index in [1.807, 2.05) is 0 Å². The molecule has 0 saturated carbocycles. The first-order valence-electron chi connectivity index (χ1n) is 29.3. The summed E-state index contributed by atoms with van der Waals surface area (Å²) in [7, 11) is 0. The summed E-state index contributed by atoms with van der Waals surface area (Å²) in [5.41, 5.74) is 18.8. The number of hydrogen-bond donors (Lipinski definition) is 18. The van der Waals surface area contributed by atoms with Crippen molar-refractivity contribution < 1.29 is 83.1 Å². The summed E-state index contributed by atoms with van der Waals surface area (Å²) >= 11 is 0. The minimum Gasteiger partial charge on any atom is -0.508 e. The molecule has 5 rings (SSSR count). The maximum atomic E-state index is 14.6. The van der Waals surface area contributed by atoms with Gasteiger partial charge in [-0.2, -0.15) is 0 Å². The summed E-state index contributed by atoms with van der Waals surface area (Å²) in [5, 5.41) is 69.5. The second kappa shape index (κ2) is 35.1. The molecule has 4 aromatic rings. The lowest BCUT2D eigenvalue weighted by Gasteiger charge is -2.30. The number of aromatic amines is 2. The van der Waals surface area contributed by atoms with E-state index in [1.54, 1.807) is 44.3 Å². The topological polar surface area (TPSA) is 540 Å². The molecule has 3 heterocycles. The summed E-state index contributed by atoms with van der Waals surface area (Å²) in [6.07, 6.45) is 1.88. The number of phenolic OH excluding ortho intramolecular Hbond substituents is 1. The molecule has 494 valence electrons. The molecule has 21 N–H and O–H groups in total. The quantitative estimate of drug-likeness (QED) is 0.0118. The first-order chi connectivity index (χ1) is 43.2. The summed E-state index contributed by atoms with van der Waals surface area (Å²) in [4.78, 5) is 177. The van der Waals surface area contributed by atoms with E-state index in [9.17, 15) is 78.0 Å². The van der Waals surface area contributed by atoms with Crippen LogP contribution in [0.15, 0.2) is 72.2 Å².